The van der Waals surface area contributed by atoms with Crippen LogP contribution in [-0.2, 0) is 17.7 Å². The maximum Gasteiger partial charge on any atom is 0.350 e. The molecule has 0 spiro atoms. The van der Waals surface area contributed by atoms with Gasteiger partial charge in [0.15, 0.2) is 0 Å². The Kier molecular flexibility index (Phi) is 5.54. The second kappa shape index (κ2) is 7.18. The molecule has 4 nitrogen and oxygen atoms in total. The van der Waals surface area contributed by atoms with Crippen molar-refractivity contribution in [2.45, 2.75) is 46.6 Å². The molecule has 0 amide bonds. The fraction of sp³-hybridized carbons (Fsp3) is 0.733. The SMILES string of the molecule is CCOC(=O)c1sc(CNCC2CC2)nc1CC(C)C. The first-order valence-corrected chi connectivity index (χ1v) is 8.28. The molecule has 112 valence electrons. The lowest BCUT2D eigenvalue weighted by Gasteiger charge is -2.04. The second-order valence-corrected chi connectivity index (χ2v) is 6.86. The highest BCUT2D eigenvalue weighted by Crippen LogP contribution is 2.28. The highest BCUT2D eigenvalue weighted by atomic mass is 32.1. The van der Waals surface area contributed by atoms with Crippen LogP contribution in [0.5, 0.6) is 0 Å². The Morgan fingerprint density at radius 2 is 2.25 bits per heavy atom. The second-order valence-electron chi connectivity index (χ2n) is 5.78. The van der Waals surface area contributed by atoms with Crippen molar-refractivity contribution >= 4 is 17.3 Å². The number of rotatable bonds is 8. The minimum absolute atomic E-state index is 0.228. The number of nitrogens with zero attached hydrogens (tertiary/aromatic N) is 1. The number of nitrogens with one attached hydrogen (secondary N) is 1. The van der Waals surface area contributed by atoms with E-state index in [2.05, 4.69) is 24.1 Å². The van der Waals surface area contributed by atoms with Crippen LogP contribution in [0.2, 0.25) is 0 Å². The van der Waals surface area contributed by atoms with E-state index in [4.69, 9.17) is 4.74 Å². The molecular weight excluding hydrogens is 272 g/mol. The molecule has 1 aromatic heterocycles. The normalized spacial score (nSPS) is 14.8. The zero-order valence-corrected chi connectivity index (χ0v) is 13.4. The summed E-state index contributed by atoms with van der Waals surface area (Å²) in [6, 6.07) is 0. The molecule has 1 aliphatic carbocycles. The van der Waals surface area contributed by atoms with E-state index in [1.54, 1.807) is 0 Å². The van der Waals surface area contributed by atoms with Crippen LogP contribution in [0.15, 0.2) is 0 Å². The summed E-state index contributed by atoms with van der Waals surface area (Å²) < 4.78 is 5.13. The Morgan fingerprint density at radius 3 is 2.85 bits per heavy atom. The third-order valence-electron chi connectivity index (χ3n) is 3.21. The zero-order chi connectivity index (χ0) is 14.5. The van der Waals surface area contributed by atoms with Crippen LogP contribution < -0.4 is 5.32 Å². The summed E-state index contributed by atoms with van der Waals surface area (Å²) in [5, 5.41) is 4.41. The van der Waals surface area contributed by atoms with E-state index in [1.165, 1.54) is 24.2 Å². The first kappa shape index (κ1) is 15.4. The largest absolute Gasteiger partial charge is 0.462 e. The maximum atomic E-state index is 12.0. The molecule has 5 heteroatoms. The summed E-state index contributed by atoms with van der Waals surface area (Å²) in [7, 11) is 0. The standard InChI is InChI=1S/C15H24N2O2S/c1-4-19-15(18)14-12(7-10(2)3)17-13(20-14)9-16-8-11-5-6-11/h10-11,16H,4-9H2,1-3H3. The molecule has 0 radical (unpaired) electrons. The molecular formula is C15H24N2O2S. The molecule has 1 N–H and O–H groups in total. The van der Waals surface area contributed by atoms with Crippen LogP contribution in [-0.4, -0.2) is 24.1 Å². The molecule has 0 aliphatic heterocycles. The quantitative estimate of drug-likeness (QED) is 0.749. The molecule has 1 saturated carbocycles. The number of carbonyl (C=O) groups excluding carboxylic acids is 1. The summed E-state index contributed by atoms with van der Waals surface area (Å²) in [6.07, 6.45) is 3.52. The number of thiazole rings is 1. The predicted molar refractivity (Wildman–Crippen MR) is 81.0 cm³/mol. The number of carbonyl (C=O) groups is 1. The Labute approximate surface area is 124 Å². The van der Waals surface area contributed by atoms with Gasteiger partial charge in [-0.1, -0.05) is 13.8 Å². The molecule has 20 heavy (non-hydrogen) atoms. The first-order chi connectivity index (χ1) is 9.60. The van der Waals surface area contributed by atoms with Gasteiger partial charge in [-0.3, -0.25) is 0 Å². The van der Waals surface area contributed by atoms with E-state index >= 15 is 0 Å². The van der Waals surface area contributed by atoms with E-state index in [0.29, 0.717) is 17.4 Å². The minimum atomic E-state index is -0.228. The first-order valence-electron chi connectivity index (χ1n) is 7.46. The third-order valence-corrected chi connectivity index (χ3v) is 4.29. The molecule has 1 aliphatic rings. The van der Waals surface area contributed by atoms with Gasteiger partial charge in [-0.25, -0.2) is 9.78 Å². The van der Waals surface area contributed by atoms with Crippen molar-refractivity contribution in [2.75, 3.05) is 13.2 Å². The van der Waals surface area contributed by atoms with Gasteiger partial charge in [-0.2, -0.15) is 0 Å². The summed E-state index contributed by atoms with van der Waals surface area (Å²) in [5.41, 5.74) is 0.895. The van der Waals surface area contributed by atoms with Gasteiger partial charge in [0.2, 0.25) is 0 Å². The highest BCUT2D eigenvalue weighted by Gasteiger charge is 2.22. The van der Waals surface area contributed by atoms with Gasteiger partial charge >= 0.3 is 5.97 Å². The number of ether oxygens (including phenoxy) is 1. The minimum Gasteiger partial charge on any atom is -0.462 e. The van der Waals surface area contributed by atoms with Gasteiger partial charge in [0.05, 0.1) is 12.3 Å². The number of esters is 1. The maximum absolute atomic E-state index is 12.0. The Morgan fingerprint density at radius 1 is 1.50 bits per heavy atom. The number of hydrogen-bond acceptors (Lipinski definition) is 5. The van der Waals surface area contributed by atoms with Crippen molar-refractivity contribution < 1.29 is 9.53 Å². The van der Waals surface area contributed by atoms with E-state index in [1.807, 2.05) is 6.92 Å². The molecule has 0 atom stereocenters. The van der Waals surface area contributed by atoms with Gasteiger partial charge in [-0.05, 0) is 44.6 Å². The topological polar surface area (TPSA) is 51.2 Å². The molecule has 1 heterocycles. The van der Waals surface area contributed by atoms with Crippen LogP contribution in [0.4, 0.5) is 0 Å². The summed E-state index contributed by atoms with van der Waals surface area (Å²) >= 11 is 1.47. The third kappa shape index (κ3) is 4.56. The summed E-state index contributed by atoms with van der Waals surface area (Å²) in [5.74, 6) is 1.11. The molecule has 0 aromatic carbocycles. The molecule has 1 fully saturated rings. The van der Waals surface area contributed by atoms with Gasteiger partial charge < -0.3 is 10.1 Å². The van der Waals surface area contributed by atoms with Crippen molar-refractivity contribution in [3.05, 3.63) is 15.6 Å². The van der Waals surface area contributed by atoms with Gasteiger partial charge in [0.25, 0.3) is 0 Å². The molecule has 1 aromatic rings. The molecule has 2 rings (SSSR count). The Bertz CT molecular complexity index is 453. The van der Waals surface area contributed by atoms with Crippen molar-refractivity contribution in [1.82, 2.24) is 10.3 Å². The molecule has 0 saturated heterocycles. The van der Waals surface area contributed by atoms with E-state index < -0.39 is 0 Å². The average Bonchev–Trinajstić information content (AvgIpc) is 3.10. The van der Waals surface area contributed by atoms with Crippen LogP contribution in [0, 0.1) is 11.8 Å². The van der Waals surface area contributed by atoms with Crippen molar-refractivity contribution in [1.29, 1.82) is 0 Å². The Balaban J connectivity index is 2.01. The number of aromatic nitrogens is 1. The summed E-state index contributed by atoms with van der Waals surface area (Å²) in [6.45, 7) is 8.34. The van der Waals surface area contributed by atoms with E-state index in [0.717, 1.165) is 36.1 Å². The lowest BCUT2D eigenvalue weighted by Crippen LogP contribution is -2.15. The van der Waals surface area contributed by atoms with Gasteiger partial charge in [0.1, 0.15) is 9.88 Å². The van der Waals surface area contributed by atoms with E-state index in [-0.39, 0.29) is 5.97 Å². The van der Waals surface area contributed by atoms with Crippen molar-refractivity contribution in [2.24, 2.45) is 11.8 Å². The zero-order valence-electron chi connectivity index (χ0n) is 12.6. The van der Waals surface area contributed by atoms with Crippen LogP contribution in [0.3, 0.4) is 0 Å². The highest BCUT2D eigenvalue weighted by molar-refractivity contribution is 7.13. The fourth-order valence-electron chi connectivity index (χ4n) is 2.06. The van der Waals surface area contributed by atoms with Crippen molar-refractivity contribution in [3.8, 4) is 0 Å². The average molecular weight is 296 g/mol. The molecule has 0 unspecified atom stereocenters. The smallest absolute Gasteiger partial charge is 0.350 e. The van der Waals surface area contributed by atoms with Crippen LogP contribution in [0.25, 0.3) is 0 Å². The molecule has 0 bridgehead atoms. The van der Waals surface area contributed by atoms with Crippen LogP contribution >= 0.6 is 11.3 Å². The lowest BCUT2D eigenvalue weighted by molar-refractivity contribution is 0.0530. The van der Waals surface area contributed by atoms with Crippen LogP contribution in [0.1, 0.15) is 54.0 Å². The fourth-order valence-corrected chi connectivity index (χ4v) is 3.02. The van der Waals surface area contributed by atoms with Gasteiger partial charge in [-0.15, -0.1) is 11.3 Å². The van der Waals surface area contributed by atoms with Crippen molar-refractivity contribution in [3.63, 3.8) is 0 Å². The monoisotopic (exact) mass is 296 g/mol. The predicted octanol–water partition coefficient (Wildman–Crippen LogP) is 3.02. The number of hydrogen-bond donors (Lipinski definition) is 1. The lowest BCUT2D eigenvalue weighted by atomic mass is 10.1. The summed E-state index contributed by atoms with van der Waals surface area (Å²) in [4.78, 5) is 17.3. The Hall–Kier alpha value is -0.940. The van der Waals surface area contributed by atoms with Gasteiger partial charge in [0, 0.05) is 6.54 Å². The van der Waals surface area contributed by atoms with E-state index in [9.17, 15) is 4.79 Å².